The molecular formula is C13H20N4O2. The Hall–Kier alpha value is -1.59. The fourth-order valence-electron chi connectivity index (χ4n) is 3.05. The van der Waals surface area contributed by atoms with Crippen LogP contribution in [0.15, 0.2) is 0 Å². The molecule has 1 heterocycles. The predicted octanol–water partition coefficient (Wildman–Crippen LogP) is 2.48. The van der Waals surface area contributed by atoms with Crippen LogP contribution in [-0.4, -0.2) is 21.2 Å². The zero-order valence-corrected chi connectivity index (χ0v) is 11.4. The molecule has 2 saturated carbocycles. The van der Waals surface area contributed by atoms with E-state index < -0.39 is 0 Å². The first-order chi connectivity index (χ1) is 9.08. The lowest BCUT2D eigenvalue weighted by atomic mass is 9.98. The minimum atomic E-state index is -0.339. The maximum Gasteiger partial charge on any atom is 0.333 e. The van der Waals surface area contributed by atoms with Crippen LogP contribution in [0.5, 0.6) is 0 Å². The van der Waals surface area contributed by atoms with Gasteiger partial charge in [-0.05, 0) is 50.4 Å². The number of nitro groups is 1. The van der Waals surface area contributed by atoms with Gasteiger partial charge in [0.1, 0.15) is 5.69 Å². The summed E-state index contributed by atoms with van der Waals surface area (Å²) in [5.41, 5.74) is 0.595. The highest BCUT2D eigenvalue weighted by Crippen LogP contribution is 2.49. The molecule has 2 aliphatic carbocycles. The normalized spacial score (nSPS) is 18.9. The minimum absolute atomic E-state index is 0.118. The van der Waals surface area contributed by atoms with Crippen molar-refractivity contribution in [1.82, 2.24) is 9.78 Å². The Bertz CT molecular complexity index is 491. The van der Waals surface area contributed by atoms with Gasteiger partial charge in [0.2, 0.25) is 5.82 Å². The highest BCUT2D eigenvalue weighted by molar-refractivity contribution is 5.59. The molecular weight excluding hydrogens is 244 g/mol. The van der Waals surface area contributed by atoms with Gasteiger partial charge in [0.05, 0.1) is 4.92 Å². The fraction of sp³-hybridized carbons (Fsp3) is 0.769. The van der Waals surface area contributed by atoms with Crippen molar-refractivity contribution >= 4 is 11.5 Å². The smallest absolute Gasteiger partial charge is 0.333 e. The van der Waals surface area contributed by atoms with Crippen LogP contribution in [0.4, 0.5) is 11.5 Å². The van der Waals surface area contributed by atoms with Gasteiger partial charge in [0.15, 0.2) is 0 Å². The van der Waals surface area contributed by atoms with Crippen molar-refractivity contribution in [1.29, 1.82) is 0 Å². The van der Waals surface area contributed by atoms with Gasteiger partial charge in [0, 0.05) is 13.6 Å². The van der Waals surface area contributed by atoms with Crippen molar-refractivity contribution < 1.29 is 4.92 Å². The SMILES string of the molecule is Cc1nn(C)c(NCC(C2CC2)C2CC2)c1[N+](=O)[O-]. The lowest BCUT2D eigenvalue weighted by molar-refractivity contribution is -0.384. The molecule has 0 atom stereocenters. The maximum atomic E-state index is 11.1. The molecule has 0 aliphatic heterocycles. The molecule has 2 fully saturated rings. The molecule has 0 unspecified atom stereocenters. The Morgan fingerprint density at radius 2 is 2.00 bits per heavy atom. The Kier molecular flexibility index (Phi) is 2.95. The lowest BCUT2D eigenvalue weighted by Gasteiger charge is -2.16. The van der Waals surface area contributed by atoms with Gasteiger partial charge in [-0.3, -0.25) is 10.1 Å². The van der Waals surface area contributed by atoms with E-state index in [0.717, 1.165) is 18.4 Å². The third-order valence-corrected chi connectivity index (χ3v) is 4.33. The molecule has 6 heteroatoms. The van der Waals surface area contributed by atoms with Gasteiger partial charge in [0.25, 0.3) is 0 Å². The van der Waals surface area contributed by atoms with E-state index in [2.05, 4.69) is 10.4 Å². The van der Waals surface area contributed by atoms with Crippen LogP contribution in [0.1, 0.15) is 31.4 Å². The van der Waals surface area contributed by atoms with Crippen LogP contribution >= 0.6 is 0 Å². The van der Waals surface area contributed by atoms with E-state index in [1.807, 2.05) is 0 Å². The molecule has 1 aromatic rings. The summed E-state index contributed by atoms with van der Waals surface area (Å²) in [6.07, 6.45) is 5.31. The number of nitrogens with zero attached hydrogens (tertiary/aromatic N) is 3. The average Bonchev–Trinajstić information content (AvgIpc) is 3.21. The molecule has 19 heavy (non-hydrogen) atoms. The van der Waals surface area contributed by atoms with E-state index in [4.69, 9.17) is 0 Å². The third kappa shape index (κ3) is 2.43. The summed E-state index contributed by atoms with van der Waals surface area (Å²) >= 11 is 0. The van der Waals surface area contributed by atoms with E-state index in [1.165, 1.54) is 25.7 Å². The largest absolute Gasteiger partial charge is 0.364 e. The molecule has 0 bridgehead atoms. The van der Waals surface area contributed by atoms with Crippen LogP contribution < -0.4 is 5.32 Å². The molecule has 2 aliphatic rings. The van der Waals surface area contributed by atoms with Gasteiger partial charge in [-0.25, -0.2) is 4.68 Å². The standard InChI is InChI=1S/C13H20N4O2/c1-8-12(17(18)19)13(16(2)15-8)14-7-11(9-3-4-9)10-5-6-10/h9-11,14H,3-7H2,1-2H3. The first-order valence-corrected chi connectivity index (χ1v) is 6.99. The second-order valence-corrected chi connectivity index (χ2v) is 5.88. The molecule has 0 spiro atoms. The van der Waals surface area contributed by atoms with Gasteiger partial charge in [-0.2, -0.15) is 5.10 Å². The Labute approximate surface area is 112 Å². The number of anilines is 1. The van der Waals surface area contributed by atoms with Crippen molar-refractivity contribution in [2.75, 3.05) is 11.9 Å². The number of hydrogen-bond acceptors (Lipinski definition) is 4. The van der Waals surface area contributed by atoms with Crippen LogP contribution in [0, 0.1) is 34.8 Å². The Morgan fingerprint density at radius 1 is 1.42 bits per heavy atom. The second kappa shape index (κ2) is 4.51. The van der Waals surface area contributed by atoms with E-state index in [1.54, 1.807) is 18.7 Å². The summed E-state index contributed by atoms with van der Waals surface area (Å²) in [7, 11) is 1.76. The summed E-state index contributed by atoms with van der Waals surface area (Å²) in [5.74, 6) is 2.92. The first-order valence-electron chi connectivity index (χ1n) is 6.99. The van der Waals surface area contributed by atoms with Crippen molar-refractivity contribution in [2.45, 2.75) is 32.6 Å². The minimum Gasteiger partial charge on any atom is -0.364 e. The zero-order chi connectivity index (χ0) is 13.6. The van der Waals surface area contributed by atoms with Crippen LogP contribution in [0.25, 0.3) is 0 Å². The molecule has 0 aromatic carbocycles. The summed E-state index contributed by atoms with van der Waals surface area (Å²) < 4.78 is 1.59. The predicted molar refractivity (Wildman–Crippen MR) is 72.0 cm³/mol. The van der Waals surface area contributed by atoms with Crippen LogP contribution in [-0.2, 0) is 7.05 Å². The summed E-state index contributed by atoms with van der Waals surface area (Å²) in [6, 6.07) is 0. The van der Waals surface area contributed by atoms with Crippen molar-refractivity contribution in [3.05, 3.63) is 15.8 Å². The molecule has 0 saturated heterocycles. The zero-order valence-electron chi connectivity index (χ0n) is 11.4. The van der Waals surface area contributed by atoms with Crippen molar-refractivity contribution in [2.24, 2.45) is 24.8 Å². The quantitative estimate of drug-likeness (QED) is 0.633. The molecule has 104 valence electrons. The van der Waals surface area contributed by atoms with Crippen molar-refractivity contribution in [3.63, 3.8) is 0 Å². The molecule has 0 amide bonds. The summed E-state index contributed by atoms with van der Waals surface area (Å²) in [4.78, 5) is 10.8. The molecule has 3 rings (SSSR count). The number of rotatable bonds is 6. The third-order valence-electron chi connectivity index (χ3n) is 4.33. The number of nitrogens with one attached hydrogen (secondary N) is 1. The lowest BCUT2D eigenvalue weighted by Crippen LogP contribution is -2.20. The molecule has 1 aromatic heterocycles. The van der Waals surface area contributed by atoms with Gasteiger partial charge >= 0.3 is 5.69 Å². The topological polar surface area (TPSA) is 73.0 Å². The Balaban J connectivity index is 1.73. The summed E-state index contributed by atoms with van der Waals surface area (Å²) in [5, 5.41) is 18.5. The van der Waals surface area contributed by atoms with Crippen LogP contribution in [0.3, 0.4) is 0 Å². The maximum absolute atomic E-state index is 11.1. The van der Waals surface area contributed by atoms with Crippen LogP contribution in [0.2, 0.25) is 0 Å². The monoisotopic (exact) mass is 264 g/mol. The fourth-order valence-corrected chi connectivity index (χ4v) is 3.05. The van der Waals surface area contributed by atoms with Gasteiger partial charge in [-0.1, -0.05) is 0 Å². The summed E-state index contributed by atoms with van der Waals surface area (Å²) in [6.45, 7) is 2.53. The van der Waals surface area contributed by atoms with E-state index >= 15 is 0 Å². The van der Waals surface area contributed by atoms with Gasteiger partial charge in [-0.15, -0.1) is 0 Å². The number of aryl methyl sites for hydroxylation is 2. The first kappa shape index (κ1) is 12.4. The molecule has 1 N–H and O–H groups in total. The number of hydrogen-bond donors (Lipinski definition) is 1. The second-order valence-electron chi connectivity index (χ2n) is 5.88. The molecule has 6 nitrogen and oxygen atoms in total. The van der Waals surface area contributed by atoms with E-state index in [9.17, 15) is 10.1 Å². The van der Waals surface area contributed by atoms with E-state index in [0.29, 0.717) is 17.4 Å². The van der Waals surface area contributed by atoms with Crippen molar-refractivity contribution in [3.8, 4) is 0 Å². The van der Waals surface area contributed by atoms with E-state index in [-0.39, 0.29) is 10.6 Å². The highest BCUT2D eigenvalue weighted by Gasteiger charge is 2.41. The average molecular weight is 264 g/mol. The van der Waals surface area contributed by atoms with Gasteiger partial charge < -0.3 is 5.32 Å². The number of aromatic nitrogens is 2. The Morgan fingerprint density at radius 3 is 2.47 bits per heavy atom. The highest BCUT2D eigenvalue weighted by atomic mass is 16.6. The molecule has 0 radical (unpaired) electrons.